The lowest BCUT2D eigenvalue weighted by molar-refractivity contribution is 0.0885. The van der Waals surface area contributed by atoms with Gasteiger partial charge in [-0.05, 0) is 61.2 Å². The second kappa shape index (κ2) is 8.98. The fourth-order valence-corrected chi connectivity index (χ4v) is 5.44. The van der Waals surface area contributed by atoms with Crippen molar-refractivity contribution in [1.29, 1.82) is 0 Å². The van der Waals surface area contributed by atoms with Gasteiger partial charge in [-0.2, -0.15) is 4.98 Å². The van der Waals surface area contributed by atoms with E-state index in [-0.39, 0.29) is 29.5 Å². The molecule has 1 atom stereocenters. The highest BCUT2D eigenvalue weighted by Crippen LogP contribution is 2.46. The predicted octanol–water partition coefficient (Wildman–Crippen LogP) is 5.73. The zero-order chi connectivity index (χ0) is 24.8. The number of carbonyl (C=O) groups is 2. The summed E-state index contributed by atoms with van der Waals surface area (Å²) in [7, 11) is 0. The van der Waals surface area contributed by atoms with Crippen molar-refractivity contribution in [2.45, 2.75) is 48.6 Å². The fraction of sp³-hybridized carbons (Fsp3) is 0.259. The van der Waals surface area contributed by atoms with Gasteiger partial charge in [-0.1, -0.05) is 42.9 Å². The quantitative estimate of drug-likeness (QED) is 0.361. The molecule has 9 heteroatoms. The molecule has 0 saturated heterocycles. The lowest BCUT2D eigenvalue weighted by atomic mass is 10.0. The van der Waals surface area contributed by atoms with Crippen LogP contribution in [0.2, 0.25) is 0 Å². The molecule has 0 bridgehead atoms. The summed E-state index contributed by atoms with van der Waals surface area (Å²) in [5.74, 6) is 0.674. The lowest BCUT2D eigenvalue weighted by Crippen LogP contribution is -2.32. The van der Waals surface area contributed by atoms with Gasteiger partial charge in [0, 0.05) is 21.4 Å². The van der Waals surface area contributed by atoms with Gasteiger partial charge in [-0.15, -0.1) is 0 Å². The van der Waals surface area contributed by atoms with Crippen LogP contribution >= 0.6 is 11.8 Å². The maximum absolute atomic E-state index is 13.4. The highest BCUT2D eigenvalue weighted by molar-refractivity contribution is 7.99. The van der Waals surface area contributed by atoms with E-state index in [1.807, 2.05) is 61.2 Å². The molecule has 2 amide bonds. The van der Waals surface area contributed by atoms with Gasteiger partial charge in [0.2, 0.25) is 11.7 Å². The van der Waals surface area contributed by atoms with Gasteiger partial charge in [0.1, 0.15) is 6.04 Å². The van der Waals surface area contributed by atoms with Crippen LogP contribution in [0.5, 0.6) is 0 Å². The summed E-state index contributed by atoms with van der Waals surface area (Å²) in [5.41, 5.74) is 2.40. The van der Waals surface area contributed by atoms with Gasteiger partial charge < -0.3 is 19.2 Å². The summed E-state index contributed by atoms with van der Waals surface area (Å²) in [6, 6.07) is 16.6. The molecule has 0 radical (unpaired) electrons. The van der Waals surface area contributed by atoms with Gasteiger partial charge >= 0.3 is 0 Å². The predicted molar refractivity (Wildman–Crippen MR) is 134 cm³/mol. The molecule has 1 aliphatic carbocycles. The minimum Gasteiger partial charge on any atom is -0.459 e. The van der Waals surface area contributed by atoms with Gasteiger partial charge in [0.05, 0.1) is 17.5 Å². The Morgan fingerprint density at radius 1 is 1.11 bits per heavy atom. The zero-order valence-corrected chi connectivity index (χ0v) is 20.6. The van der Waals surface area contributed by atoms with E-state index in [1.54, 1.807) is 23.9 Å². The number of anilines is 1. The Kier molecular flexibility index (Phi) is 5.64. The minimum atomic E-state index is -0.478. The Hall–Kier alpha value is -3.85. The minimum absolute atomic E-state index is 0.00873. The summed E-state index contributed by atoms with van der Waals surface area (Å²) in [5, 5.41) is 7.13. The lowest BCUT2D eigenvalue weighted by Gasteiger charge is -2.22. The highest BCUT2D eigenvalue weighted by atomic mass is 32.2. The van der Waals surface area contributed by atoms with Crippen LogP contribution in [-0.4, -0.2) is 28.0 Å². The largest absolute Gasteiger partial charge is 0.459 e. The smallest absolute Gasteiger partial charge is 0.287 e. The summed E-state index contributed by atoms with van der Waals surface area (Å²) in [6.45, 7) is 3.94. The van der Waals surface area contributed by atoms with E-state index in [1.165, 1.54) is 6.26 Å². The molecule has 2 aromatic heterocycles. The van der Waals surface area contributed by atoms with Crippen molar-refractivity contribution in [2.24, 2.45) is 5.92 Å². The number of amides is 2. The third-order valence-electron chi connectivity index (χ3n) is 6.35. The maximum Gasteiger partial charge on any atom is 0.287 e. The SMILES string of the molecule is CC(C)[C@H](NC(=O)c1ccco1)c1nc(-c2ccc3c(c2)Sc2ccccc2C(=O)N3C2CC2)no1. The van der Waals surface area contributed by atoms with E-state index < -0.39 is 6.04 Å². The highest BCUT2D eigenvalue weighted by Gasteiger charge is 2.38. The molecule has 1 aliphatic heterocycles. The van der Waals surface area contributed by atoms with Crippen LogP contribution in [0.4, 0.5) is 5.69 Å². The molecule has 3 heterocycles. The first kappa shape index (κ1) is 22.6. The summed E-state index contributed by atoms with van der Waals surface area (Å²) < 4.78 is 10.8. The summed E-state index contributed by atoms with van der Waals surface area (Å²) in [4.78, 5) is 34.4. The molecule has 6 rings (SSSR count). The van der Waals surface area contributed by atoms with E-state index in [9.17, 15) is 9.59 Å². The molecule has 2 aliphatic rings. The number of carbonyl (C=O) groups excluding carboxylic acids is 2. The average Bonchev–Trinajstić information content (AvgIpc) is 3.36. The topological polar surface area (TPSA) is 101 Å². The van der Waals surface area contributed by atoms with E-state index in [0.717, 1.165) is 39.4 Å². The van der Waals surface area contributed by atoms with Crippen LogP contribution in [0, 0.1) is 5.92 Å². The molecule has 2 aromatic carbocycles. The Balaban J connectivity index is 1.33. The van der Waals surface area contributed by atoms with Crippen LogP contribution in [0.15, 0.2) is 79.6 Å². The Morgan fingerprint density at radius 2 is 1.94 bits per heavy atom. The number of nitrogens with zero attached hydrogens (tertiary/aromatic N) is 3. The molecule has 182 valence electrons. The van der Waals surface area contributed by atoms with Crippen LogP contribution < -0.4 is 10.2 Å². The third kappa shape index (κ3) is 4.09. The second-order valence-electron chi connectivity index (χ2n) is 9.32. The van der Waals surface area contributed by atoms with E-state index in [4.69, 9.17) is 8.94 Å². The first-order valence-electron chi connectivity index (χ1n) is 11.9. The Labute approximate surface area is 212 Å². The molecule has 4 aromatic rings. The number of hydrogen-bond donors (Lipinski definition) is 1. The van der Waals surface area contributed by atoms with Crippen molar-refractivity contribution in [1.82, 2.24) is 15.5 Å². The third-order valence-corrected chi connectivity index (χ3v) is 7.47. The van der Waals surface area contributed by atoms with Gasteiger partial charge in [-0.3, -0.25) is 9.59 Å². The molecule has 8 nitrogen and oxygen atoms in total. The first-order chi connectivity index (χ1) is 17.5. The van der Waals surface area contributed by atoms with E-state index >= 15 is 0 Å². The molecule has 1 N–H and O–H groups in total. The van der Waals surface area contributed by atoms with Crippen molar-refractivity contribution in [3.63, 3.8) is 0 Å². The van der Waals surface area contributed by atoms with Crippen LogP contribution in [0.25, 0.3) is 11.4 Å². The molecule has 1 saturated carbocycles. The number of hydrogen-bond acceptors (Lipinski definition) is 7. The number of benzene rings is 2. The molecule has 36 heavy (non-hydrogen) atoms. The van der Waals surface area contributed by atoms with Crippen molar-refractivity contribution in [3.05, 3.63) is 78.1 Å². The Morgan fingerprint density at radius 3 is 2.69 bits per heavy atom. The van der Waals surface area contributed by atoms with Crippen molar-refractivity contribution in [3.8, 4) is 11.4 Å². The average molecular weight is 501 g/mol. The van der Waals surface area contributed by atoms with Crippen LogP contribution in [0.3, 0.4) is 0 Å². The number of furan rings is 1. The van der Waals surface area contributed by atoms with Gasteiger partial charge in [-0.25, -0.2) is 0 Å². The molecular formula is C27H24N4O4S. The van der Waals surface area contributed by atoms with Crippen molar-refractivity contribution >= 4 is 29.3 Å². The van der Waals surface area contributed by atoms with Gasteiger partial charge in [0.25, 0.3) is 11.8 Å². The standard InChI is InChI=1S/C27H24N4O4S/c1-15(2)23(28-25(32)20-7-5-13-34-20)26-29-24(30-35-26)16-9-12-19-22(14-16)36-21-8-4-3-6-18(21)27(33)31(19)17-10-11-17/h3-9,12-15,17,23H,10-11H2,1-2H3,(H,28,32)/t23-/m0/s1. The van der Waals surface area contributed by atoms with E-state index in [0.29, 0.717) is 11.7 Å². The number of rotatable bonds is 6. The Bertz CT molecular complexity index is 1440. The monoisotopic (exact) mass is 500 g/mol. The zero-order valence-electron chi connectivity index (χ0n) is 19.8. The molecular weight excluding hydrogens is 476 g/mol. The first-order valence-corrected chi connectivity index (χ1v) is 12.7. The van der Waals surface area contributed by atoms with E-state index in [2.05, 4.69) is 15.5 Å². The molecule has 0 spiro atoms. The van der Waals surface area contributed by atoms with Crippen LogP contribution in [-0.2, 0) is 0 Å². The van der Waals surface area contributed by atoms with Crippen molar-refractivity contribution < 1.29 is 18.5 Å². The van der Waals surface area contributed by atoms with Crippen molar-refractivity contribution in [2.75, 3.05) is 4.90 Å². The number of aromatic nitrogens is 2. The second-order valence-corrected chi connectivity index (χ2v) is 10.4. The summed E-state index contributed by atoms with van der Waals surface area (Å²) in [6.07, 6.45) is 3.47. The number of nitrogens with one attached hydrogen (secondary N) is 1. The van der Waals surface area contributed by atoms with Crippen LogP contribution in [0.1, 0.15) is 59.5 Å². The molecule has 1 fully saturated rings. The molecule has 0 unspecified atom stereocenters. The maximum atomic E-state index is 13.4. The fourth-order valence-electron chi connectivity index (χ4n) is 4.33. The van der Waals surface area contributed by atoms with Gasteiger partial charge in [0.15, 0.2) is 5.76 Å². The summed E-state index contributed by atoms with van der Waals surface area (Å²) >= 11 is 1.57. The number of fused-ring (bicyclic) bond motifs is 2. The normalized spacial score (nSPS) is 15.9.